The molecule has 1 aliphatic rings. The first kappa shape index (κ1) is 11.1. The minimum atomic E-state index is 0.118. The number of Topliss-reactive ketones (excluding diaryl/α,β-unsaturated/α-hetero) is 1. The summed E-state index contributed by atoms with van der Waals surface area (Å²) in [5.41, 5.74) is 0. The molecule has 1 aromatic heterocycles. The first-order valence-corrected chi connectivity index (χ1v) is 6.35. The SMILES string of the molecule is O=C(CC1CCCCO1)c1ccc(Cl)s1. The molecule has 0 amide bonds. The number of carbonyl (C=O) groups is 1. The number of hydrogen-bond acceptors (Lipinski definition) is 3. The lowest BCUT2D eigenvalue weighted by atomic mass is 10.0. The van der Waals surface area contributed by atoms with Gasteiger partial charge in [0.2, 0.25) is 0 Å². The van der Waals surface area contributed by atoms with Gasteiger partial charge in [0.25, 0.3) is 0 Å². The highest BCUT2D eigenvalue weighted by molar-refractivity contribution is 7.18. The highest BCUT2D eigenvalue weighted by Crippen LogP contribution is 2.24. The van der Waals surface area contributed by atoms with E-state index in [1.807, 2.05) is 0 Å². The molecule has 1 atom stereocenters. The van der Waals surface area contributed by atoms with Crippen LogP contribution >= 0.6 is 22.9 Å². The van der Waals surface area contributed by atoms with Crippen LogP contribution in [0.15, 0.2) is 12.1 Å². The zero-order valence-electron chi connectivity index (χ0n) is 8.37. The summed E-state index contributed by atoms with van der Waals surface area (Å²) in [6, 6.07) is 3.55. The summed E-state index contributed by atoms with van der Waals surface area (Å²) < 4.78 is 6.20. The fourth-order valence-electron chi connectivity index (χ4n) is 1.74. The average molecular weight is 245 g/mol. The van der Waals surface area contributed by atoms with Gasteiger partial charge in [0.05, 0.1) is 15.3 Å². The topological polar surface area (TPSA) is 26.3 Å². The molecule has 1 unspecified atom stereocenters. The molecule has 0 spiro atoms. The third-order valence-corrected chi connectivity index (χ3v) is 3.81. The second-order valence-electron chi connectivity index (χ2n) is 3.72. The Balaban J connectivity index is 1.91. The molecule has 2 nitrogen and oxygen atoms in total. The molecule has 0 N–H and O–H groups in total. The predicted molar refractivity (Wildman–Crippen MR) is 61.9 cm³/mol. The molecule has 2 heterocycles. The van der Waals surface area contributed by atoms with E-state index < -0.39 is 0 Å². The Bertz CT molecular complexity index is 342. The van der Waals surface area contributed by atoms with Crippen LogP contribution < -0.4 is 0 Å². The van der Waals surface area contributed by atoms with Crippen LogP contribution in [0.1, 0.15) is 35.4 Å². The molecule has 0 bridgehead atoms. The summed E-state index contributed by atoms with van der Waals surface area (Å²) in [5.74, 6) is 0.152. The molecule has 82 valence electrons. The van der Waals surface area contributed by atoms with Gasteiger partial charge in [-0.1, -0.05) is 11.6 Å². The fraction of sp³-hybridized carbons (Fsp3) is 0.545. The third kappa shape index (κ3) is 3.03. The van der Waals surface area contributed by atoms with E-state index >= 15 is 0 Å². The van der Waals surface area contributed by atoms with Crippen LogP contribution in [0.25, 0.3) is 0 Å². The van der Waals surface area contributed by atoms with Gasteiger partial charge in [0.1, 0.15) is 0 Å². The molecular formula is C11H13ClO2S. The van der Waals surface area contributed by atoms with Crippen molar-refractivity contribution in [1.82, 2.24) is 0 Å². The van der Waals surface area contributed by atoms with E-state index in [4.69, 9.17) is 16.3 Å². The van der Waals surface area contributed by atoms with Crippen molar-refractivity contribution in [3.05, 3.63) is 21.3 Å². The minimum Gasteiger partial charge on any atom is -0.378 e. The number of ketones is 1. The van der Waals surface area contributed by atoms with Crippen molar-refractivity contribution in [1.29, 1.82) is 0 Å². The van der Waals surface area contributed by atoms with Crippen LogP contribution in [-0.4, -0.2) is 18.5 Å². The molecule has 2 rings (SSSR count). The van der Waals surface area contributed by atoms with Crippen LogP contribution in [0.4, 0.5) is 0 Å². The monoisotopic (exact) mass is 244 g/mol. The van der Waals surface area contributed by atoms with Crippen molar-refractivity contribution < 1.29 is 9.53 Å². The summed E-state index contributed by atoms with van der Waals surface area (Å²) in [4.78, 5) is 12.5. The molecular weight excluding hydrogens is 232 g/mol. The second kappa shape index (κ2) is 5.10. The summed E-state index contributed by atoms with van der Waals surface area (Å²) in [5, 5.41) is 0. The Kier molecular flexibility index (Phi) is 3.78. The third-order valence-electron chi connectivity index (χ3n) is 2.54. The molecule has 0 aromatic carbocycles. The fourth-order valence-corrected chi connectivity index (χ4v) is 2.73. The van der Waals surface area contributed by atoms with Crippen molar-refractivity contribution in [2.75, 3.05) is 6.61 Å². The van der Waals surface area contributed by atoms with Crippen molar-refractivity contribution in [3.63, 3.8) is 0 Å². The van der Waals surface area contributed by atoms with Gasteiger partial charge < -0.3 is 4.74 Å². The van der Waals surface area contributed by atoms with Crippen LogP contribution in [0.2, 0.25) is 4.34 Å². The number of halogens is 1. The van der Waals surface area contributed by atoms with Gasteiger partial charge in [-0.2, -0.15) is 0 Å². The van der Waals surface area contributed by atoms with E-state index in [1.165, 1.54) is 17.8 Å². The van der Waals surface area contributed by atoms with Crippen molar-refractivity contribution in [3.8, 4) is 0 Å². The molecule has 1 fully saturated rings. The Morgan fingerprint density at radius 1 is 1.53 bits per heavy atom. The maximum Gasteiger partial charge on any atom is 0.175 e. The Morgan fingerprint density at radius 2 is 2.40 bits per heavy atom. The van der Waals surface area contributed by atoms with Gasteiger partial charge in [-0.25, -0.2) is 0 Å². The van der Waals surface area contributed by atoms with E-state index in [0.717, 1.165) is 24.3 Å². The summed E-state index contributed by atoms with van der Waals surface area (Å²) in [6.07, 6.45) is 3.91. The largest absolute Gasteiger partial charge is 0.378 e. The zero-order chi connectivity index (χ0) is 10.7. The smallest absolute Gasteiger partial charge is 0.175 e. The number of rotatable bonds is 3. The highest BCUT2D eigenvalue weighted by Gasteiger charge is 2.19. The van der Waals surface area contributed by atoms with E-state index in [1.54, 1.807) is 12.1 Å². The summed E-state index contributed by atoms with van der Waals surface area (Å²) in [6.45, 7) is 0.795. The van der Waals surface area contributed by atoms with Crippen molar-refractivity contribution in [2.45, 2.75) is 31.8 Å². The van der Waals surface area contributed by atoms with Gasteiger partial charge in [0, 0.05) is 13.0 Å². The van der Waals surface area contributed by atoms with Crippen LogP contribution in [0.5, 0.6) is 0 Å². The molecule has 0 saturated carbocycles. The Hall–Kier alpha value is -0.380. The lowest BCUT2D eigenvalue weighted by Gasteiger charge is -2.21. The van der Waals surface area contributed by atoms with Gasteiger partial charge in [-0.15, -0.1) is 11.3 Å². The molecule has 1 saturated heterocycles. The molecule has 1 aliphatic heterocycles. The minimum absolute atomic E-state index is 0.118. The standard InChI is InChI=1S/C11H13ClO2S/c12-11-5-4-10(15-11)9(13)7-8-3-1-2-6-14-8/h4-5,8H,1-3,6-7H2. The normalized spacial score (nSPS) is 21.5. The van der Waals surface area contributed by atoms with Gasteiger partial charge in [-0.05, 0) is 31.4 Å². The number of thiophene rings is 1. The first-order chi connectivity index (χ1) is 7.25. The molecule has 1 aromatic rings. The maximum atomic E-state index is 11.8. The lowest BCUT2D eigenvalue weighted by Crippen LogP contribution is -2.22. The van der Waals surface area contributed by atoms with E-state index in [9.17, 15) is 4.79 Å². The number of hydrogen-bond donors (Lipinski definition) is 0. The summed E-state index contributed by atoms with van der Waals surface area (Å²) >= 11 is 7.13. The predicted octanol–water partition coefficient (Wildman–Crippen LogP) is 3.54. The average Bonchev–Trinajstić information content (AvgIpc) is 2.66. The van der Waals surface area contributed by atoms with Crippen LogP contribution in [-0.2, 0) is 4.74 Å². The Morgan fingerprint density at radius 3 is 3.00 bits per heavy atom. The van der Waals surface area contributed by atoms with Gasteiger partial charge >= 0.3 is 0 Å². The molecule has 0 radical (unpaired) electrons. The van der Waals surface area contributed by atoms with E-state index in [-0.39, 0.29) is 11.9 Å². The van der Waals surface area contributed by atoms with Crippen LogP contribution in [0.3, 0.4) is 0 Å². The zero-order valence-corrected chi connectivity index (χ0v) is 9.94. The van der Waals surface area contributed by atoms with Crippen molar-refractivity contribution in [2.24, 2.45) is 0 Å². The van der Waals surface area contributed by atoms with Crippen molar-refractivity contribution >= 4 is 28.7 Å². The maximum absolute atomic E-state index is 11.8. The molecule has 0 aliphatic carbocycles. The summed E-state index contributed by atoms with van der Waals surface area (Å²) in [7, 11) is 0. The van der Waals surface area contributed by atoms with Crippen LogP contribution in [0, 0.1) is 0 Å². The van der Waals surface area contributed by atoms with Gasteiger partial charge in [-0.3, -0.25) is 4.79 Å². The highest BCUT2D eigenvalue weighted by atomic mass is 35.5. The molecule has 4 heteroatoms. The quantitative estimate of drug-likeness (QED) is 0.761. The van der Waals surface area contributed by atoms with Gasteiger partial charge in [0.15, 0.2) is 5.78 Å². The second-order valence-corrected chi connectivity index (χ2v) is 5.43. The lowest BCUT2D eigenvalue weighted by molar-refractivity contribution is 0.0130. The Labute approximate surface area is 98.2 Å². The number of ether oxygens (including phenoxy) is 1. The van der Waals surface area contributed by atoms with E-state index in [2.05, 4.69) is 0 Å². The molecule has 15 heavy (non-hydrogen) atoms. The number of carbonyl (C=O) groups excluding carboxylic acids is 1. The van der Waals surface area contributed by atoms with E-state index in [0.29, 0.717) is 10.8 Å². The first-order valence-electron chi connectivity index (χ1n) is 5.16.